The summed E-state index contributed by atoms with van der Waals surface area (Å²) in [6.45, 7) is 2.75. The van der Waals surface area contributed by atoms with Crippen LogP contribution < -0.4 is 4.74 Å². The number of hydrogen-bond donors (Lipinski definition) is 0. The van der Waals surface area contributed by atoms with E-state index in [1.165, 1.54) is 17.2 Å². The van der Waals surface area contributed by atoms with Gasteiger partial charge in [-0.3, -0.25) is 0 Å². The van der Waals surface area contributed by atoms with Crippen molar-refractivity contribution in [3.63, 3.8) is 0 Å². The Morgan fingerprint density at radius 2 is 1.93 bits per heavy atom. The first-order valence-electron chi connectivity index (χ1n) is 4.22. The number of fused-ring (bicyclic) bond motifs is 1. The lowest BCUT2D eigenvalue weighted by Gasteiger charge is -1.94. The Bertz CT molecular complexity index is 425. The van der Waals surface area contributed by atoms with Crippen molar-refractivity contribution in [1.29, 1.82) is 0 Å². The second-order valence-electron chi connectivity index (χ2n) is 2.80. The summed E-state index contributed by atoms with van der Waals surface area (Å²) in [7, 11) is 0. The molecule has 0 radical (unpaired) electrons. The Labute approximate surface area is 114 Å². The van der Waals surface area contributed by atoms with Gasteiger partial charge in [0.15, 0.2) is 5.06 Å². The van der Waals surface area contributed by atoms with Crippen LogP contribution in [0, 0.1) is 7.14 Å². The van der Waals surface area contributed by atoms with Crippen molar-refractivity contribution < 1.29 is 4.74 Å². The van der Waals surface area contributed by atoms with Gasteiger partial charge in [0.25, 0.3) is 0 Å². The maximum atomic E-state index is 5.48. The van der Waals surface area contributed by atoms with Crippen molar-refractivity contribution in [3.8, 4) is 5.06 Å². The van der Waals surface area contributed by atoms with Gasteiger partial charge in [-0.1, -0.05) is 11.3 Å². The lowest BCUT2D eigenvalue weighted by molar-refractivity contribution is 0.350. The summed E-state index contributed by atoms with van der Waals surface area (Å²) in [6.07, 6.45) is 0. The van der Waals surface area contributed by atoms with Crippen LogP contribution >= 0.6 is 56.5 Å². The van der Waals surface area contributed by atoms with Crippen LogP contribution in [0.5, 0.6) is 5.06 Å². The van der Waals surface area contributed by atoms with Crippen LogP contribution in [0.2, 0.25) is 0 Å². The Morgan fingerprint density at radius 3 is 2.64 bits per heavy atom. The van der Waals surface area contributed by atoms with Gasteiger partial charge in [-0.05, 0) is 75.7 Å². The van der Waals surface area contributed by atoms with E-state index in [1.54, 1.807) is 11.3 Å². The first kappa shape index (κ1) is 10.9. The molecule has 0 unspecified atom stereocenters. The summed E-state index contributed by atoms with van der Waals surface area (Å²) in [5.74, 6) is 0. The number of ether oxygens (including phenoxy) is 1. The third-order valence-electron chi connectivity index (χ3n) is 1.82. The van der Waals surface area contributed by atoms with Crippen LogP contribution in [-0.4, -0.2) is 6.61 Å². The first-order chi connectivity index (χ1) is 6.70. The number of rotatable bonds is 2. The Kier molecular flexibility index (Phi) is 3.54. The zero-order valence-electron chi connectivity index (χ0n) is 7.51. The topological polar surface area (TPSA) is 9.23 Å². The predicted octanol–water partition coefficient (Wildman–Crippen LogP) is 4.51. The normalized spacial score (nSPS) is 10.8. The van der Waals surface area contributed by atoms with E-state index in [0.29, 0.717) is 0 Å². The molecule has 0 N–H and O–H groups in total. The zero-order chi connectivity index (χ0) is 10.1. The molecule has 0 spiro atoms. The number of halogens is 2. The molecule has 0 saturated heterocycles. The van der Waals surface area contributed by atoms with E-state index >= 15 is 0 Å². The zero-order valence-corrected chi connectivity index (χ0v) is 12.6. The van der Waals surface area contributed by atoms with Gasteiger partial charge in [0, 0.05) is 11.8 Å². The molecule has 0 aliphatic rings. The first-order valence-corrected chi connectivity index (χ1v) is 7.19. The summed E-state index contributed by atoms with van der Waals surface area (Å²) in [5, 5.41) is 2.29. The molecule has 0 amide bonds. The predicted molar refractivity (Wildman–Crippen MR) is 78.4 cm³/mol. The summed E-state index contributed by atoms with van der Waals surface area (Å²) < 4.78 is 9.40. The van der Waals surface area contributed by atoms with Crippen LogP contribution in [0.1, 0.15) is 6.92 Å². The quantitative estimate of drug-likeness (QED) is 0.638. The van der Waals surface area contributed by atoms with Gasteiger partial charge in [0.1, 0.15) is 0 Å². The molecule has 14 heavy (non-hydrogen) atoms. The van der Waals surface area contributed by atoms with Crippen molar-refractivity contribution >= 4 is 66.6 Å². The second-order valence-corrected chi connectivity index (χ2v) is 6.17. The molecule has 1 nitrogen and oxygen atoms in total. The minimum atomic E-state index is 0.737. The lowest BCUT2D eigenvalue weighted by atomic mass is 10.3. The molecule has 0 fully saturated rings. The van der Waals surface area contributed by atoms with Gasteiger partial charge >= 0.3 is 0 Å². The van der Waals surface area contributed by atoms with Crippen molar-refractivity contribution in [3.05, 3.63) is 25.3 Å². The van der Waals surface area contributed by atoms with Crippen molar-refractivity contribution in [1.82, 2.24) is 0 Å². The average molecular weight is 430 g/mol. The fraction of sp³-hybridized carbons (Fsp3) is 0.200. The van der Waals surface area contributed by atoms with Crippen LogP contribution in [0.15, 0.2) is 18.2 Å². The largest absolute Gasteiger partial charge is 0.484 e. The molecule has 0 aliphatic carbocycles. The molecular weight excluding hydrogens is 422 g/mol. The summed E-state index contributed by atoms with van der Waals surface area (Å²) in [5.41, 5.74) is 0. The molecule has 1 aromatic heterocycles. The van der Waals surface area contributed by atoms with E-state index < -0.39 is 0 Å². The third-order valence-corrected chi connectivity index (χ3v) is 5.65. The Balaban J connectivity index is 2.54. The maximum absolute atomic E-state index is 5.48. The van der Waals surface area contributed by atoms with E-state index in [-0.39, 0.29) is 0 Å². The molecule has 2 aromatic rings. The van der Waals surface area contributed by atoms with E-state index in [9.17, 15) is 0 Å². The molecule has 0 atom stereocenters. The van der Waals surface area contributed by atoms with Gasteiger partial charge in [0.2, 0.25) is 0 Å². The highest BCUT2D eigenvalue weighted by atomic mass is 127. The van der Waals surface area contributed by atoms with Gasteiger partial charge in [-0.15, -0.1) is 0 Å². The molecule has 74 valence electrons. The smallest absolute Gasteiger partial charge is 0.174 e. The number of hydrogen-bond acceptors (Lipinski definition) is 2. The summed E-state index contributed by atoms with van der Waals surface area (Å²) in [4.78, 5) is 0. The molecular formula is C10H8I2OS. The Hall–Kier alpha value is 0.440. The highest BCUT2D eigenvalue weighted by Crippen LogP contribution is 2.34. The van der Waals surface area contributed by atoms with Gasteiger partial charge in [0.05, 0.1) is 6.61 Å². The summed E-state index contributed by atoms with van der Waals surface area (Å²) in [6, 6.07) is 6.53. The Morgan fingerprint density at radius 1 is 1.21 bits per heavy atom. The minimum Gasteiger partial charge on any atom is -0.484 e. The number of thiophene rings is 1. The van der Waals surface area contributed by atoms with E-state index in [2.05, 4.69) is 63.4 Å². The van der Waals surface area contributed by atoms with Crippen molar-refractivity contribution in [2.45, 2.75) is 6.92 Å². The lowest BCUT2D eigenvalue weighted by Crippen LogP contribution is -1.86. The highest BCUT2D eigenvalue weighted by molar-refractivity contribution is 14.1. The summed E-state index contributed by atoms with van der Waals surface area (Å²) >= 11 is 6.44. The van der Waals surface area contributed by atoms with Crippen molar-refractivity contribution in [2.75, 3.05) is 6.61 Å². The fourth-order valence-corrected chi connectivity index (χ4v) is 3.38. The standard InChI is InChI=1S/C10H8I2OS/c1-2-13-10-4-6-3-7(11)8(12)5-9(6)14-10/h3-5H,2H2,1H3. The third kappa shape index (κ3) is 2.16. The van der Waals surface area contributed by atoms with Gasteiger partial charge in [-0.25, -0.2) is 0 Å². The van der Waals surface area contributed by atoms with Crippen LogP contribution in [0.25, 0.3) is 10.1 Å². The molecule has 1 heterocycles. The van der Waals surface area contributed by atoms with E-state index in [4.69, 9.17) is 4.74 Å². The van der Waals surface area contributed by atoms with E-state index in [0.717, 1.165) is 11.7 Å². The molecule has 0 saturated carbocycles. The average Bonchev–Trinajstić information content (AvgIpc) is 2.48. The second kappa shape index (κ2) is 4.52. The van der Waals surface area contributed by atoms with Crippen LogP contribution in [-0.2, 0) is 0 Å². The molecule has 4 heteroatoms. The molecule has 0 bridgehead atoms. The van der Waals surface area contributed by atoms with Crippen LogP contribution in [0.3, 0.4) is 0 Å². The molecule has 2 rings (SSSR count). The monoisotopic (exact) mass is 430 g/mol. The molecule has 0 aliphatic heterocycles. The fourth-order valence-electron chi connectivity index (χ4n) is 1.22. The van der Waals surface area contributed by atoms with E-state index in [1.807, 2.05) is 6.92 Å². The van der Waals surface area contributed by atoms with Crippen LogP contribution in [0.4, 0.5) is 0 Å². The van der Waals surface area contributed by atoms with Crippen molar-refractivity contribution in [2.24, 2.45) is 0 Å². The van der Waals surface area contributed by atoms with Gasteiger partial charge in [-0.2, -0.15) is 0 Å². The van der Waals surface area contributed by atoms with Gasteiger partial charge < -0.3 is 4.74 Å². The number of benzene rings is 1. The highest BCUT2D eigenvalue weighted by Gasteiger charge is 2.05. The minimum absolute atomic E-state index is 0.737. The molecule has 1 aromatic carbocycles. The maximum Gasteiger partial charge on any atom is 0.174 e. The SMILES string of the molecule is CCOc1cc2cc(I)c(I)cc2s1.